The van der Waals surface area contributed by atoms with E-state index in [0.717, 1.165) is 0 Å². The monoisotopic (exact) mass is 393 g/mol. The molecule has 27 heavy (non-hydrogen) atoms. The number of nitrogens with one attached hydrogen (secondary N) is 2. The molecule has 3 atom stereocenters. The van der Waals surface area contributed by atoms with Crippen molar-refractivity contribution in [1.82, 2.24) is 15.5 Å². The number of amides is 3. The summed E-state index contributed by atoms with van der Waals surface area (Å²) >= 11 is 6.09. The van der Waals surface area contributed by atoms with Crippen molar-refractivity contribution in [3.05, 3.63) is 34.9 Å². The largest absolute Gasteiger partial charge is 0.391 e. The number of aliphatic hydroxyl groups excluding tert-OH is 1. The van der Waals surface area contributed by atoms with E-state index in [1.54, 1.807) is 23.1 Å². The lowest BCUT2D eigenvalue weighted by Gasteiger charge is -2.36. The van der Waals surface area contributed by atoms with Crippen LogP contribution in [0.15, 0.2) is 24.3 Å². The van der Waals surface area contributed by atoms with Crippen molar-refractivity contribution in [1.29, 1.82) is 0 Å². The van der Waals surface area contributed by atoms with E-state index < -0.39 is 12.1 Å². The van der Waals surface area contributed by atoms with Gasteiger partial charge in [-0.15, -0.1) is 0 Å². The Labute approximate surface area is 163 Å². The molecule has 3 N–H and O–H groups in total. The number of benzene rings is 1. The van der Waals surface area contributed by atoms with Crippen LogP contribution in [-0.2, 0) is 20.8 Å². The maximum absolute atomic E-state index is 12.7. The van der Waals surface area contributed by atoms with Crippen molar-refractivity contribution in [2.45, 2.75) is 37.8 Å². The summed E-state index contributed by atoms with van der Waals surface area (Å²) in [5.74, 6) is -0.778. The third-order valence-electron chi connectivity index (χ3n) is 5.17. The fourth-order valence-corrected chi connectivity index (χ4v) is 3.89. The first-order valence-electron chi connectivity index (χ1n) is 9.20. The van der Waals surface area contributed by atoms with Gasteiger partial charge in [-0.25, -0.2) is 0 Å². The van der Waals surface area contributed by atoms with Gasteiger partial charge >= 0.3 is 0 Å². The van der Waals surface area contributed by atoms with Crippen molar-refractivity contribution in [2.24, 2.45) is 5.92 Å². The lowest BCUT2D eigenvalue weighted by atomic mass is 9.82. The quantitative estimate of drug-likeness (QED) is 0.693. The van der Waals surface area contributed by atoms with E-state index in [1.165, 1.54) is 0 Å². The summed E-state index contributed by atoms with van der Waals surface area (Å²) < 4.78 is 0. The first-order valence-corrected chi connectivity index (χ1v) is 9.58. The molecule has 0 radical (unpaired) electrons. The number of carbonyl (C=O) groups excluding carboxylic acids is 3. The lowest BCUT2D eigenvalue weighted by Crippen LogP contribution is -2.54. The second kappa shape index (κ2) is 8.71. The molecular weight excluding hydrogens is 370 g/mol. The molecule has 0 aromatic heterocycles. The predicted molar refractivity (Wildman–Crippen MR) is 100 cm³/mol. The fourth-order valence-electron chi connectivity index (χ4n) is 3.69. The molecule has 0 spiro atoms. The standard InChI is InChI=1S/C19H24ClN3O4/c20-14-4-2-1-3-12(14)10-17(25)22-15-9-13(5-6-16(15)24)19(27)23-8-7-21-18(26)11-23/h1-4,13,15-16,24H,5-11H2,(H,21,26)(H,22,25)/t13-,15+,16+/m0/s1. The van der Waals surface area contributed by atoms with Crippen molar-refractivity contribution in [2.75, 3.05) is 19.6 Å². The third kappa shape index (κ3) is 4.99. The second-order valence-corrected chi connectivity index (χ2v) is 7.54. The Balaban J connectivity index is 1.58. The first kappa shape index (κ1) is 19.6. The minimum Gasteiger partial charge on any atom is -0.391 e. The molecule has 1 aliphatic heterocycles. The summed E-state index contributed by atoms with van der Waals surface area (Å²) in [5.41, 5.74) is 0.717. The number of hydrogen-bond donors (Lipinski definition) is 3. The van der Waals surface area contributed by atoms with Crippen LogP contribution in [0.1, 0.15) is 24.8 Å². The number of rotatable bonds is 4. The highest BCUT2D eigenvalue weighted by molar-refractivity contribution is 6.31. The van der Waals surface area contributed by atoms with Crippen LogP contribution in [0.4, 0.5) is 0 Å². The van der Waals surface area contributed by atoms with E-state index >= 15 is 0 Å². The predicted octanol–water partition coefficient (Wildman–Crippen LogP) is 0.487. The Bertz CT molecular complexity index is 727. The van der Waals surface area contributed by atoms with Crippen molar-refractivity contribution < 1.29 is 19.5 Å². The molecule has 1 saturated carbocycles. The van der Waals surface area contributed by atoms with Crippen LogP contribution in [0.2, 0.25) is 5.02 Å². The third-order valence-corrected chi connectivity index (χ3v) is 5.54. The van der Waals surface area contributed by atoms with Gasteiger partial charge in [-0.2, -0.15) is 0 Å². The van der Waals surface area contributed by atoms with E-state index in [4.69, 9.17) is 11.6 Å². The summed E-state index contributed by atoms with van der Waals surface area (Å²) in [7, 11) is 0. The van der Waals surface area contributed by atoms with Crippen molar-refractivity contribution >= 4 is 29.3 Å². The molecular formula is C19H24ClN3O4. The molecule has 2 fully saturated rings. The molecule has 3 rings (SSSR count). The Hall–Kier alpha value is -2.12. The first-order chi connectivity index (χ1) is 12.9. The highest BCUT2D eigenvalue weighted by Crippen LogP contribution is 2.27. The van der Waals surface area contributed by atoms with E-state index in [-0.39, 0.29) is 36.6 Å². The smallest absolute Gasteiger partial charge is 0.239 e. The maximum atomic E-state index is 12.7. The zero-order valence-corrected chi connectivity index (χ0v) is 15.7. The van der Waals surface area contributed by atoms with E-state index in [9.17, 15) is 19.5 Å². The van der Waals surface area contributed by atoms with Gasteiger partial charge in [0.1, 0.15) is 0 Å². The minimum atomic E-state index is -0.686. The van der Waals surface area contributed by atoms with Gasteiger partial charge in [0.25, 0.3) is 0 Å². The van der Waals surface area contributed by atoms with Gasteiger partial charge in [0, 0.05) is 24.0 Å². The van der Waals surface area contributed by atoms with E-state index in [0.29, 0.717) is 42.9 Å². The lowest BCUT2D eigenvalue weighted by molar-refractivity contribution is -0.143. The molecule has 0 unspecified atom stereocenters. The number of aliphatic hydroxyl groups is 1. The average molecular weight is 394 g/mol. The molecule has 7 nitrogen and oxygen atoms in total. The van der Waals surface area contributed by atoms with Gasteiger partial charge in [0.05, 0.1) is 25.1 Å². The summed E-state index contributed by atoms with van der Waals surface area (Å²) in [6, 6.07) is 6.64. The molecule has 146 valence electrons. The topological polar surface area (TPSA) is 98.7 Å². The highest BCUT2D eigenvalue weighted by atomic mass is 35.5. The van der Waals surface area contributed by atoms with Crippen LogP contribution in [0.5, 0.6) is 0 Å². The maximum Gasteiger partial charge on any atom is 0.239 e. The second-order valence-electron chi connectivity index (χ2n) is 7.13. The number of hydrogen-bond acceptors (Lipinski definition) is 4. The molecule has 1 aromatic carbocycles. The number of carbonyl (C=O) groups is 3. The van der Waals surface area contributed by atoms with Crippen LogP contribution in [0.3, 0.4) is 0 Å². The van der Waals surface area contributed by atoms with Crippen LogP contribution < -0.4 is 10.6 Å². The summed E-state index contributed by atoms with van der Waals surface area (Å²) in [5, 5.41) is 16.3. The Kier molecular flexibility index (Phi) is 6.34. The number of halogens is 1. The molecule has 1 heterocycles. The molecule has 8 heteroatoms. The van der Waals surface area contributed by atoms with Crippen LogP contribution >= 0.6 is 11.6 Å². The van der Waals surface area contributed by atoms with Gasteiger partial charge in [0.15, 0.2) is 0 Å². The van der Waals surface area contributed by atoms with Crippen molar-refractivity contribution in [3.63, 3.8) is 0 Å². The minimum absolute atomic E-state index is 0.0709. The highest BCUT2D eigenvalue weighted by Gasteiger charge is 2.36. The number of piperazine rings is 1. The van der Waals surface area contributed by atoms with Gasteiger partial charge in [-0.05, 0) is 30.9 Å². The molecule has 1 aliphatic carbocycles. The molecule has 1 aromatic rings. The number of nitrogens with zero attached hydrogens (tertiary/aromatic N) is 1. The molecule has 2 aliphatic rings. The van der Waals surface area contributed by atoms with E-state index in [2.05, 4.69) is 10.6 Å². The SMILES string of the molecule is O=C1CN(C(=O)[C@H]2CC[C@@H](O)[C@H](NC(=O)Cc3ccccc3Cl)C2)CCN1. The Morgan fingerprint density at radius 3 is 2.81 bits per heavy atom. The van der Waals surface area contributed by atoms with Gasteiger partial charge < -0.3 is 20.6 Å². The zero-order chi connectivity index (χ0) is 19.4. The Morgan fingerprint density at radius 1 is 1.30 bits per heavy atom. The van der Waals surface area contributed by atoms with Gasteiger partial charge in [-0.3, -0.25) is 14.4 Å². The zero-order valence-electron chi connectivity index (χ0n) is 15.0. The average Bonchev–Trinajstić information content (AvgIpc) is 2.65. The molecule has 3 amide bonds. The van der Waals surface area contributed by atoms with Crippen LogP contribution in [0.25, 0.3) is 0 Å². The molecule has 1 saturated heterocycles. The van der Waals surface area contributed by atoms with E-state index in [1.807, 2.05) is 6.07 Å². The van der Waals surface area contributed by atoms with Crippen LogP contribution in [0, 0.1) is 5.92 Å². The van der Waals surface area contributed by atoms with Gasteiger partial charge in [-0.1, -0.05) is 29.8 Å². The summed E-state index contributed by atoms with van der Waals surface area (Å²) in [6.07, 6.45) is 0.789. The van der Waals surface area contributed by atoms with Gasteiger partial charge in [0.2, 0.25) is 17.7 Å². The summed E-state index contributed by atoms with van der Waals surface area (Å²) in [4.78, 5) is 38.1. The van der Waals surface area contributed by atoms with Crippen molar-refractivity contribution in [3.8, 4) is 0 Å². The fraction of sp³-hybridized carbons (Fsp3) is 0.526. The normalized spacial score (nSPS) is 25.6. The van der Waals surface area contributed by atoms with Crippen LogP contribution in [-0.4, -0.2) is 59.5 Å². The summed E-state index contributed by atoms with van der Waals surface area (Å²) in [6.45, 7) is 1.02. The molecule has 0 bridgehead atoms. The Morgan fingerprint density at radius 2 is 2.07 bits per heavy atom.